The summed E-state index contributed by atoms with van der Waals surface area (Å²) in [6.07, 6.45) is 9.49. The summed E-state index contributed by atoms with van der Waals surface area (Å²) in [7, 11) is 1.67. The zero-order valence-electron chi connectivity index (χ0n) is 25.8. The molecule has 230 valence electrons. The van der Waals surface area contributed by atoms with Gasteiger partial charge in [-0.2, -0.15) is 0 Å². The molecule has 4 aromatic rings. The molecule has 1 saturated carbocycles. The molecule has 0 atom stereocenters. The zero-order valence-corrected chi connectivity index (χ0v) is 25.8. The number of hydrogen-bond acceptors (Lipinski definition) is 8. The first-order valence-electron chi connectivity index (χ1n) is 15.1. The van der Waals surface area contributed by atoms with Gasteiger partial charge in [-0.15, -0.1) is 0 Å². The largest absolute Gasteiger partial charge is 0.461 e. The lowest BCUT2D eigenvalue weighted by Gasteiger charge is -2.29. The predicted molar refractivity (Wildman–Crippen MR) is 166 cm³/mol. The lowest BCUT2D eigenvalue weighted by atomic mass is 9.84. The second kappa shape index (κ2) is 11.4. The Bertz CT molecular complexity index is 1790. The average Bonchev–Trinajstić information content (AvgIpc) is 3.59. The van der Waals surface area contributed by atoms with Crippen LogP contribution in [0.1, 0.15) is 80.3 Å². The van der Waals surface area contributed by atoms with Crippen molar-refractivity contribution in [2.75, 3.05) is 16.8 Å². The van der Waals surface area contributed by atoms with Crippen molar-refractivity contribution in [2.45, 2.75) is 72.4 Å². The van der Waals surface area contributed by atoms with E-state index in [1.54, 1.807) is 36.5 Å². The highest BCUT2D eigenvalue weighted by atomic mass is 16.5. The van der Waals surface area contributed by atoms with Crippen molar-refractivity contribution in [2.24, 2.45) is 12.5 Å². The Morgan fingerprint density at radius 2 is 1.95 bits per heavy atom. The normalized spacial score (nSPS) is 14.9. The number of aromatic nitrogens is 4. The van der Waals surface area contributed by atoms with Crippen molar-refractivity contribution in [3.05, 3.63) is 75.8 Å². The minimum Gasteiger partial charge on any atom is -0.461 e. The maximum Gasteiger partial charge on any atom is 0.302 e. The van der Waals surface area contributed by atoms with Gasteiger partial charge in [0.1, 0.15) is 29.6 Å². The molecule has 44 heavy (non-hydrogen) atoms. The highest BCUT2D eigenvalue weighted by molar-refractivity contribution is 6.06. The monoisotopic (exact) mass is 598 g/mol. The molecule has 11 heteroatoms. The van der Waals surface area contributed by atoms with Crippen molar-refractivity contribution in [1.29, 1.82) is 0 Å². The molecule has 11 nitrogen and oxygen atoms in total. The summed E-state index contributed by atoms with van der Waals surface area (Å²) in [6, 6.07) is 7.34. The van der Waals surface area contributed by atoms with Crippen LogP contribution in [0.4, 0.5) is 17.3 Å². The quantitative estimate of drug-likeness (QED) is 0.235. The molecule has 6 rings (SSSR count). The number of ether oxygens (including phenoxy) is 1. The van der Waals surface area contributed by atoms with Gasteiger partial charge in [0, 0.05) is 68.8 Å². The Labute approximate surface area is 255 Å². The highest BCUT2D eigenvalue weighted by Gasteiger charge is 2.31. The van der Waals surface area contributed by atoms with Crippen LogP contribution in [0.25, 0.3) is 11.1 Å². The molecule has 0 radical (unpaired) electrons. The number of nitrogens with zero attached hydrogens (tertiary/aromatic N) is 5. The molecule has 1 fully saturated rings. The fourth-order valence-corrected chi connectivity index (χ4v) is 5.65. The van der Waals surface area contributed by atoms with Crippen molar-refractivity contribution >= 4 is 29.2 Å². The minimum atomic E-state index is -0.451. The first-order chi connectivity index (χ1) is 21.0. The minimum absolute atomic E-state index is 0.0891. The zero-order chi connectivity index (χ0) is 31.2. The highest BCUT2D eigenvalue weighted by Crippen LogP contribution is 2.41. The fraction of sp³-hybridized carbons (Fsp3) is 0.424. The number of rotatable bonds is 10. The lowest BCUT2D eigenvalue weighted by molar-refractivity contribution is -0.142. The van der Waals surface area contributed by atoms with Gasteiger partial charge in [-0.3, -0.25) is 19.3 Å². The molecule has 1 aliphatic carbocycles. The number of aryl methyl sites for hydroxylation is 1. The number of carbonyl (C=O) groups excluding carboxylic acids is 2. The molecular weight excluding hydrogens is 560 g/mol. The van der Waals surface area contributed by atoms with Crippen molar-refractivity contribution in [3.63, 3.8) is 0 Å². The second-order valence-corrected chi connectivity index (χ2v) is 12.6. The van der Waals surface area contributed by atoms with Gasteiger partial charge >= 0.3 is 5.97 Å². The average molecular weight is 599 g/mol. The van der Waals surface area contributed by atoms with Gasteiger partial charge in [0.05, 0.1) is 0 Å². The van der Waals surface area contributed by atoms with E-state index in [9.17, 15) is 14.4 Å². The van der Waals surface area contributed by atoms with E-state index in [4.69, 9.17) is 9.26 Å². The van der Waals surface area contributed by atoms with Crippen LogP contribution in [0.2, 0.25) is 0 Å². The van der Waals surface area contributed by atoms with Gasteiger partial charge in [0.25, 0.3) is 11.5 Å². The van der Waals surface area contributed by atoms with Crippen LogP contribution in [0.5, 0.6) is 0 Å². The molecule has 0 spiro atoms. The third-order valence-electron chi connectivity index (χ3n) is 8.60. The maximum absolute atomic E-state index is 13.9. The van der Waals surface area contributed by atoms with Crippen molar-refractivity contribution in [1.82, 2.24) is 19.3 Å². The molecule has 0 bridgehead atoms. The van der Waals surface area contributed by atoms with Crippen molar-refractivity contribution in [3.8, 4) is 11.1 Å². The summed E-state index contributed by atoms with van der Waals surface area (Å²) >= 11 is 0. The molecule has 1 aliphatic heterocycles. The third kappa shape index (κ3) is 5.91. The topological polar surface area (TPSA) is 124 Å². The van der Waals surface area contributed by atoms with Crippen LogP contribution in [-0.2, 0) is 36.2 Å². The summed E-state index contributed by atoms with van der Waals surface area (Å²) in [5, 5.41) is 7.20. The number of carbonyl (C=O) groups is 2. The van der Waals surface area contributed by atoms with E-state index in [2.05, 4.69) is 42.4 Å². The number of amides is 1. The number of esters is 1. The Hall–Kier alpha value is -4.67. The van der Waals surface area contributed by atoms with E-state index in [0.29, 0.717) is 58.7 Å². The van der Waals surface area contributed by atoms with Crippen LogP contribution in [-0.4, -0.2) is 37.7 Å². The Morgan fingerprint density at radius 3 is 2.68 bits per heavy atom. The van der Waals surface area contributed by atoms with Crippen LogP contribution >= 0.6 is 0 Å². The summed E-state index contributed by atoms with van der Waals surface area (Å²) in [5.74, 6) is 1.47. The third-order valence-corrected chi connectivity index (χ3v) is 8.60. The van der Waals surface area contributed by atoms with E-state index in [-0.39, 0.29) is 23.5 Å². The van der Waals surface area contributed by atoms with E-state index in [0.717, 1.165) is 37.0 Å². The number of hydrogen-bond donors (Lipinski definition) is 1. The lowest BCUT2D eigenvalue weighted by Crippen LogP contribution is -2.41. The van der Waals surface area contributed by atoms with Gasteiger partial charge in [0.15, 0.2) is 5.82 Å². The van der Waals surface area contributed by atoms with Gasteiger partial charge in [0.2, 0.25) is 0 Å². The van der Waals surface area contributed by atoms with Crippen LogP contribution < -0.4 is 15.8 Å². The van der Waals surface area contributed by atoms with E-state index in [1.807, 2.05) is 16.7 Å². The summed E-state index contributed by atoms with van der Waals surface area (Å²) in [4.78, 5) is 45.2. The molecule has 5 heterocycles. The molecular formula is C33H38N6O5. The summed E-state index contributed by atoms with van der Waals surface area (Å²) in [6.45, 7) is 8.91. The number of nitrogens with one attached hydrogen (secondary N) is 1. The standard InChI is InChI=1S/C33H38N6O5/c1-6-33(3,4)16-21-13-27-32(42)39(12-11-38(27)17-21)30-25(19-43-20(2)40)24(9-10-34-30)23-14-26(31(41)37(5)18-23)35-29-15-28(44-36-29)22-7-8-22/h9-10,13-15,17-18,22H,6-8,11-12,16,19H2,1-5H3,(H,35,36). The Kier molecular flexibility index (Phi) is 7.65. The first kappa shape index (κ1) is 29.4. The molecule has 0 saturated heterocycles. The Morgan fingerprint density at radius 1 is 1.16 bits per heavy atom. The van der Waals surface area contributed by atoms with Gasteiger partial charge in [-0.1, -0.05) is 32.3 Å². The van der Waals surface area contributed by atoms with Gasteiger partial charge < -0.3 is 23.7 Å². The van der Waals surface area contributed by atoms with E-state index >= 15 is 0 Å². The first-order valence-corrected chi connectivity index (χ1v) is 15.1. The summed E-state index contributed by atoms with van der Waals surface area (Å²) < 4.78 is 14.4. The smallest absolute Gasteiger partial charge is 0.302 e. The molecule has 1 N–H and O–H groups in total. The molecule has 4 aromatic heterocycles. The van der Waals surface area contributed by atoms with Crippen LogP contribution in [0, 0.1) is 5.41 Å². The predicted octanol–water partition coefficient (Wildman–Crippen LogP) is 5.56. The summed E-state index contributed by atoms with van der Waals surface area (Å²) in [5.41, 5.74) is 3.88. The van der Waals surface area contributed by atoms with Crippen LogP contribution in [0.3, 0.4) is 0 Å². The van der Waals surface area contributed by atoms with Crippen LogP contribution in [0.15, 0.2) is 52.2 Å². The van der Waals surface area contributed by atoms with Gasteiger partial charge in [-0.05, 0) is 54.0 Å². The van der Waals surface area contributed by atoms with E-state index < -0.39 is 5.97 Å². The second-order valence-electron chi connectivity index (χ2n) is 12.6. The number of anilines is 3. The van der Waals surface area contributed by atoms with Crippen molar-refractivity contribution < 1.29 is 18.8 Å². The molecule has 2 aliphatic rings. The molecule has 0 aromatic carbocycles. The molecule has 0 unspecified atom stereocenters. The molecule has 1 amide bonds. The SMILES string of the molecule is CCC(C)(C)Cc1cc2n(c1)CCN(c1nccc(-c3cc(Nc4cc(C5CC5)on4)c(=O)n(C)c3)c1COC(C)=O)C2=O. The number of fused-ring (bicyclic) bond motifs is 1. The Balaban J connectivity index is 1.37. The number of pyridine rings is 2. The maximum atomic E-state index is 13.9. The van der Waals surface area contributed by atoms with E-state index in [1.165, 1.54) is 11.5 Å². The fourth-order valence-electron chi connectivity index (χ4n) is 5.65. The van der Waals surface area contributed by atoms with Gasteiger partial charge in [-0.25, -0.2) is 4.98 Å².